The fraction of sp³-hybridized carbons (Fsp3) is 0.133. The summed E-state index contributed by atoms with van der Waals surface area (Å²) in [5.41, 5.74) is 3.60. The Balaban J connectivity index is 2.14. The molecule has 3 aromatic rings. The van der Waals surface area contributed by atoms with Gasteiger partial charge < -0.3 is 0 Å². The average Bonchev–Trinajstić information content (AvgIpc) is 2.78. The molecule has 1 aromatic carbocycles. The summed E-state index contributed by atoms with van der Waals surface area (Å²) in [5, 5.41) is 4.74. The van der Waals surface area contributed by atoms with Gasteiger partial charge in [0.25, 0.3) is 0 Å². The van der Waals surface area contributed by atoms with Gasteiger partial charge in [0.1, 0.15) is 5.15 Å². The molecule has 0 spiro atoms. The van der Waals surface area contributed by atoms with E-state index in [4.69, 9.17) is 11.6 Å². The van der Waals surface area contributed by atoms with Crippen molar-refractivity contribution in [3.63, 3.8) is 0 Å². The molecule has 0 aliphatic heterocycles. The van der Waals surface area contributed by atoms with Gasteiger partial charge in [-0.2, -0.15) is 5.10 Å². The van der Waals surface area contributed by atoms with Gasteiger partial charge in [0, 0.05) is 24.9 Å². The summed E-state index contributed by atoms with van der Waals surface area (Å²) < 4.78 is 1.75. The van der Waals surface area contributed by atoms with E-state index in [9.17, 15) is 0 Å². The van der Waals surface area contributed by atoms with Crippen molar-refractivity contribution in [3.8, 4) is 22.6 Å². The monoisotopic (exact) mass is 284 g/mol. The maximum absolute atomic E-state index is 6.13. The maximum Gasteiger partial charge on any atom is 0.164 e. The lowest BCUT2D eigenvalue weighted by Gasteiger charge is -2.04. The van der Waals surface area contributed by atoms with Gasteiger partial charge >= 0.3 is 0 Å². The predicted octanol–water partition coefficient (Wildman–Crippen LogP) is 3.51. The van der Waals surface area contributed by atoms with Crippen molar-refractivity contribution in [1.29, 1.82) is 0 Å². The largest absolute Gasteiger partial charge is 0.275 e. The lowest BCUT2D eigenvalue weighted by atomic mass is 10.1. The second-order valence-corrected chi connectivity index (χ2v) is 4.95. The first kappa shape index (κ1) is 12.8. The molecule has 100 valence electrons. The fourth-order valence-corrected chi connectivity index (χ4v) is 2.30. The third-order valence-electron chi connectivity index (χ3n) is 3.02. The highest BCUT2D eigenvalue weighted by molar-refractivity contribution is 6.29. The number of hydrogen-bond acceptors (Lipinski definition) is 3. The van der Waals surface area contributed by atoms with Crippen LogP contribution >= 0.6 is 11.6 Å². The summed E-state index contributed by atoms with van der Waals surface area (Å²) in [5.74, 6) is 0.599. The van der Waals surface area contributed by atoms with E-state index < -0.39 is 0 Å². The van der Waals surface area contributed by atoms with Crippen molar-refractivity contribution >= 4 is 11.6 Å². The van der Waals surface area contributed by atoms with Gasteiger partial charge in [0.2, 0.25) is 0 Å². The van der Waals surface area contributed by atoms with E-state index in [-0.39, 0.29) is 0 Å². The van der Waals surface area contributed by atoms with Crippen molar-refractivity contribution in [3.05, 3.63) is 53.4 Å². The molecule has 0 aliphatic rings. The molecule has 0 aliphatic carbocycles. The first-order chi connectivity index (χ1) is 9.63. The van der Waals surface area contributed by atoms with E-state index in [1.807, 2.05) is 50.5 Å². The molecule has 0 unspecified atom stereocenters. The molecule has 2 heterocycles. The van der Waals surface area contributed by atoms with Crippen LogP contribution < -0.4 is 0 Å². The number of nitrogens with zero attached hydrogens (tertiary/aromatic N) is 4. The minimum absolute atomic E-state index is 0.428. The Labute approximate surface area is 122 Å². The summed E-state index contributed by atoms with van der Waals surface area (Å²) in [4.78, 5) is 8.90. The third-order valence-corrected chi connectivity index (χ3v) is 3.21. The summed E-state index contributed by atoms with van der Waals surface area (Å²) in [6, 6.07) is 11.7. The summed E-state index contributed by atoms with van der Waals surface area (Å²) in [7, 11) is 1.87. The zero-order valence-corrected chi connectivity index (χ0v) is 12.0. The number of rotatable bonds is 2. The van der Waals surface area contributed by atoms with Crippen LogP contribution in [0.3, 0.4) is 0 Å². The van der Waals surface area contributed by atoms with Crippen LogP contribution in [0.5, 0.6) is 0 Å². The topological polar surface area (TPSA) is 43.6 Å². The van der Waals surface area contributed by atoms with Gasteiger partial charge in [-0.05, 0) is 6.92 Å². The molecule has 2 aromatic heterocycles. The molecular weight excluding hydrogens is 272 g/mol. The van der Waals surface area contributed by atoms with Crippen molar-refractivity contribution in [1.82, 2.24) is 19.7 Å². The van der Waals surface area contributed by atoms with Crippen LogP contribution in [0.1, 0.15) is 5.69 Å². The van der Waals surface area contributed by atoms with Gasteiger partial charge in [-0.3, -0.25) is 4.68 Å². The van der Waals surface area contributed by atoms with Crippen LogP contribution in [0.4, 0.5) is 0 Å². The minimum atomic E-state index is 0.428. The van der Waals surface area contributed by atoms with Crippen LogP contribution in [-0.2, 0) is 7.05 Å². The van der Waals surface area contributed by atoms with Crippen molar-refractivity contribution in [2.24, 2.45) is 7.05 Å². The number of aromatic nitrogens is 4. The molecule has 20 heavy (non-hydrogen) atoms. The molecule has 0 saturated carbocycles. The SMILES string of the molecule is Cc1nn(C)cc1-c1nc(Cl)cc(-c2ccccc2)n1. The summed E-state index contributed by atoms with van der Waals surface area (Å²) in [6.45, 7) is 1.93. The van der Waals surface area contributed by atoms with Crippen LogP contribution in [-0.4, -0.2) is 19.7 Å². The Morgan fingerprint density at radius 1 is 1.10 bits per heavy atom. The van der Waals surface area contributed by atoms with Gasteiger partial charge in [0.05, 0.1) is 17.0 Å². The van der Waals surface area contributed by atoms with Crippen LogP contribution in [0.15, 0.2) is 42.6 Å². The molecule has 0 atom stereocenters. The second kappa shape index (κ2) is 5.06. The smallest absolute Gasteiger partial charge is 0.164 e. The molecule has 0 bridgehead atoms. The van der Waals surface area contributed by atoms with Crippen LogP contribution in [0.25, 0.3) is 22.6 Å². The van der Waals surface area contributed by atoms with Crippen molar-refractivity contribution < 1.29 is 0 Å². The van der Waals surface area contributed by atoms with E-state index in [1.54, 1.807) is 10.7 Å². The molecular formula is C15H13ClN4. The standard InChI is InChI=1S/C15H13ClN4/c1-10-12(9-20(2)19-10)15-17-13(8-14(16)18-15)11-6-4-3-5-7-11/h3-9H,1-2H3. The number of benzene rings is 1. The highest BCUT2D eigenvalue weighted by Gasteiger charge is 2.12. The molecule has 0 radical (unpaired) electrons. The average molecular weight is 285 g/mol. The van der Waals surface area contributed by atoms with E-state index in [0.29, 0.717) is 11.0 Å². The van der Waals surface area contributed by atoms with E-state index in [1.165, 1.54) is 0 Å². The molecule has 0 fully saturated rings. The highest BCUT2D eigenvalue weighted by atomic mass is 35.5. The fourth-order valence-electron chi connectivity index (χ4n) is 2.11. The molecule has 5 heteroatoms. The number of hydrogen-bond donors (Lipinski definition) is 0. The maximum atomic E-state index is 6.13. The third kappa shape index (κ3) is 2.42. The van der Waals surface area contributed by atoms with Gasteiger partial charge in [-0.25, -0.2) is 9.97 Å². The Morgan fingerprint density at radius 2 is 1.85 bits per heavy atom. The van der Waals surface area contributed by atoms with Crippen LogP contribution in [0, 0.1) is 6.92 Å². The molecule has 4 nitrogen and oxygen atoms in total. The Bertz CT molecular complexity index is 750. The number of halogens is 1. The van der Waals surface area contributed by atoms with E-state index in [2.05, 4.69) is 15.1 Å². The molecule has 0 saturated heterocycles. The van der Waals surface area contributed by atoms with Crippen LogP contribution in [0.2, 0.25) is 5.15 Å². The highest BCUT2D eigenvalue weighted by Crippen LogP contribution is 2.25. The molecule has 0 amide bonds. The quantitative estimate of drug-likeness (QED) is 0.677. The first-order valence-corrected chi connectivity index (χ1v) is 6.62. The zero-order chi connectivity index (χ0) is 14.1. The second-order valence-electron chi connectivity index (χ2n) is 4.57. The lowest BCUT2D eigenvalue weighted by Crippen LogP contribution is -1.93. The van der Waals surface area contributed by atoms with E-state index >= 15 is 0 Å². The zero-order valence-electron chi connectivity index (χ0n) is 11.2. The van der Waals surface area contributed by atoms with Crippen molar-refractivity contribution in [2.45, 2.75) is 6.92 Å². The van der Waals surface area contributed by atoms with Gasteiger partial charge in [-0.1, -0.05) is 41.9 Å². The minimum Gasteiger partial charge on any atom is -0.275 e. The van der Waals surface area contributed by atoms with Crippen molar-refractivity contribution in [2.75, 3.05) is 0 Å². The summed E-state index contributed by atoms with van der Waals surface area (Å²) in [6.07, 6.45) is 1.90. The number of aryl methyl sites for hydroxylation is 2. The van der Waals surface area contributed by atoms with Gasteiger partial charge in [0.15, 0.2) is 5.82 Å². The molecule has 3 rings (SSSR count). The van der Waals surface area contributed by atoms with Gasteiger partial charge in [-0.15, -0.1) is 0 Å². The predicted molar refractivity (Wildman–Crippen MR) is 79.4 cm³/mol. The summed E-state index contributed by atoms with van der Waals surface area (Å²) >= 11 is 6.13. The van der Waals surface area contributed by atoms with E-state index in [0.717, 1.165) is 22.5 Å². The Morgan fingerprint density at radius 3 is 2.50 bits per heavy atom. The lowest BCUT2D eigenvalue weighted by molar-refractivity contribution is 0.756. The first-order valence-electron chi connectivity index (χ1n) is 6.24. The Hall–Kier alpha value is -2.20. The Kier molecular flexibility index (Phi) is 3.24. The normalized spacial score (nSPS) is 10.8. The molecule has 0 N–H and O–H groups in total.